The van der Waals surface area contributed by atoms with E-state index in [1.807, 2.05) is 24.3 Å². The van der Waals surface area contributed by atoms with E-state index >= 15 is 0 Å². The molecular formula is C33H41FN10O6. The molecule has 2 heterocycles. The minimum absolute atomic E-state index is 0.0454. The lowest BCUT2D eigenvalue weighted by molar-refractivity contribution is -0.139. The molecule has 0 radical (unpaired) electrons. The van der Waals surface area contributed by atoms with Gasteiger partial charge in [0.15, 0.2) is 5.96 Å². The molecular weight excluding hydrogens is 651 g/mol. The molecule has 1 aromatic heterocycles. The molecule has 17 heteroatoms. The largest absolute Gasteiger partial charge is 0.508 e. The molecule has 0 aliphatic carbocycles. The highest BCUT2D eigenvalue weighted by molar-refractivity contribution is 5.96. The van der Waals surface area contributed by atoms with Gasteiger partial charge in [0.25, 0.3) is 0 Å². The fourth-order valence-corrected chi connectivity index (χ4v) is 5.52. The van der Waals surface area contributed by atoms with Gasteiger partial charge in [-0.1, -0.05) is 36.4 Å². The first-order valence-electron chi connectivity index (χ1n) is 15.8. The van der Waals surface area contributed by atoms with Crippen LogP contribution in [0.1, 0.15) is 24.0 Å². The maximum Gasteiger partial charge on any atom is 0.247 e. The van der Waals surface area contributed by atoms with E-state index in [0.717, 1.165) is 22.5 Å². The number of rotatable bonds is 16. The van der Waals surface area contributed by atoms with E-state index in [0.29, 0.717) is 0 Å². The first-order chi connectivity index (χ1) is 23.8. The Balaban J connectivity index is 1.37. The van der Waals surface area contributed by atoms with Crippen LogP contribution in [0.15, 0.2) is 65.8 Å². The van der Waals surface area contributed by atoms with Crippen molar-refractivity contribution in [1.82, 2.24) is 25.8 Å². The third-order valence-corrected chi connectivity index (χ3v) is 8.08. The van der Waals surface area contributed by atoms with Gasteiger partial charge in [0, 0.05) is 42.7 Å². The number of H-pyrrole nitrogens is 1. The number of nitrogens with two attached hydrogens (primary N) is 4. The van der Waals surface area contributed by atoms with Crippen LogP contribution in [-0.2, 0) is 36.8 Å². The second kappa shape index (κ2) is 16.9. The molecule has 0 bridgehead atoms. The maximum absolute atomic E-state index is 14.3. The molecule has 50 heavy (non-hydrogen) atoms. The van der Waals surface area contributed by atoms with Crippen LogP contribution in [0, 0.1) is 5.82 Å². The van der Waals surface area contributed by atoms with E-state index in [4.69, 9.17) is 22.9 Å². The van der Waals surface area contributed by atoms with E-state index < -0.39 is 66.1 Å². The van der Waals surface area contributed by atoms with Crippen molar-refractivity contribution in [2.45, 2.75) is 49.9 Å². The number of hydrogen-bond acceptors (Lipinski definition) is 8. The summed E-state index contributed by atoms with van der Waals surface area (Å²) < 4.78 is 14.3. The van der Waals surface area contributed by atoms with E-state index in [1.54, 1.807) is 12.3 Å². The van der Waals surface area contributed by atoms with Crippen LogP contribution in [0.5, 0.6) is 5.75 Å². The summed E-state index contributed by atoms with van der Waals surface area (Å²) in [5, 5.41) is 18.0. The second-order valence-corrected chi connectivity index (χ2v) is 11.8. The molecule has 5 amide bonds. The zero-order valence-corrected chi connectivity index (χ0v) is 27.1. The number of para-hydroxylation sites is 1. The lowest BCUT2D eigenvalue weighted by Crippen LogP contribution is -2.56. The molecule has 13 N–H and O–H groups in total. The molecule has 1 aliphatic rings. The van der Waals surface area contributed by atoms with Crippen LogP contribution in [-0.4, -0.2) is 94.3 Å². The Bertz CT molecular complexity index is 1790. The van der Waals surface area contributed by atoms with Crippen molar-refractivity contribution in [3.05, 3.63) is 77.8 Å². The van der Waals surface area contributed by atoms with Crippen molar-refractivity contribution in [2.75, 3.05) is 19.6 Å². The molecule has 0 fully saturated rings. The Hall–Kier alpha value is -5.97. The summed E-state index contributed by atoms with van der Waals surface area (Å²) in [6, 6.07) is 6.35. The number of halogens is 1. The van der Waals surface area contributed by atoms with Crippen molar-refractivity contribution < 1.29 is 33.5 Å². The number of aromatic hydroxyl groups is 1. The Morgan fingerprint density at radius 3 is 2.50 bits per heavy atom. The zero-order valence-electron chi connectivity index (χ0n) is 27.1. The first kappa shape index (κ1) is 36.9. The molecule has 266 valence electrons. The molecule has 4 rings (SSSR count). The summed E-state index contributed by atoms with van der Waals surface area (Å²) in [5.74, 6) is -4.68. The van der Waals surface area contributed by atoms with Crippen LogP contribution < -0.4 is 38.9 Å². The Kier molecular flexibility index (Phi) is 12.5. The van der Waals surface area contributed by atoms with Gasteiger partial charge in [-0.05, 0) is 42.5 Å². The van der Waals surface area contributed by atoms with Gasteiger partial charge < -0.3 is 53.9 Å². The van der Waals surface area contributed by atoms with Gasteiger partial charge in [0.05, 0.1) is 12.6 Å². The number of amides is 5. The topological polar surface area (TPSA) is 277 Å². The average Bonchev–Trinajstić information content (AvgIpc) is 3.73. The summed E-state index contributed by atoms with van der Waals surface area (Å²) in [7, 11) is 0. The fraction of sp³-hybridized carbons (Fsp3) is 0.333. The van der Waals surface area contributed by atoms with Crippen LogP contribution in [0.3, 0.4) is 0 Å². The van der Waals surface area contributed by atoms with Crippen molar-refractivity contribution in [3.63, 3.8) is 0 Å². The predicted molar refractivity (Wildman–Crippen MR) is 182 cm³/mol. The number of carbonyl (C=O) groups excluding carboxylic acids is 5. The monoisotopic (exact) mass is 692 g/mol. The average molecular weight is 693 g/mol. The quantitative estimate of drug-likeness (QED) is 0.0366. The number of primary amides is 1. The SMILES string of the molecule is NC(=O)[C@H](Cc1c[nH]c2ccccc12)NC(=O)CNC(=O)[C@H](CCCN=C(N)N)NC(=O)[C@@H]1C=CCN1C(=O)[C@@H](N)Cc1ccc(O)cc1F. The Morgan fingerprint density at radius 1 is 1.02 bits per heavy atom. The third kappa shape index (κ3) is 9.79. The summed E-state index contributed by atoms with van der Waals surface area (Å²) >= 11 is 0. The van der Waals surface area contributed by atoms with Gasteiger partial charge in [-0.15, -0.1) is 0 Å². The molecule has 0 spiro atoms. The number of phenols is 1. The van der Waals surface area contributed by atoms with Crippen molar-refractivity contribution >= 4 is 46.4 Å². The number of nitrogens with one attached hydrogen (secondary N) is 4. The van der Waals surface area contributed by atoms with Crippen molar-refractivity contribution in [2.24, 2.45) is 27.9 Å². The number of hydrogen-bond donors (Lipinski definition) is 9. The Labute approximate surface area is 286 Å². The second-order valence-electron chi connectivity index (χ2n) is 11.8. The molecule has 0 unspecified atom stereocenters. The minimum Gasteiger partial charge on any atom is -0.508 e. The van der Waals surface area contributed by atoms with Crippen LogP contribution in [0.2, 0.25) is 0 Å². The van der Waals surface area contributed by atoms with E-state index in [1.165, 1.54) is 23.1 Å². The molecule has 0 saturated heterocycles. The van der Waals surface area contributed by atoms with Gasteiger partial charge in [0.1, 0.15) is 29.7 Å². The lowest BCUT2D eigenvalue weighted by Gasteiger charge is -2.28. The van der Waals surface area contributed by atoms with E-state index in [2.05, 4.69) is 25.9 Å². The van der Waals surface area contributed by atoms with Gasteiger partial charge in [-0.3, -0.25) is 29.0 Å². The molecule has 2 aromatic carbocycles. The number of carbonyl (C=O) groups is 5. The van der Waals surface area contributed by atoms with Gasteiger partial charge in [-0.25, -0.2) is 4.39 Å². The first-order valence-corrected chi connectivity index (χ1v) is 15.8. The van der Waals surface area contributed by atoms with Crippen LogP contribution in [0.4, 0.5) is 4.39 Å². The van der Waals surface area contributed by atoms with Crippen LogP contribution in [0.25, 0.3) is 10.9 Å². The summed E-state index contributed by atoms with van der Waals surface area (Å²) in [4.78, 5) is 73.1. The zero-order chi connectivity index (χ0) is 36.4. The van der Waals surface area contributed by atoms with Crippen molar-refractivity contribution in [3.8, 4) is 5.75 Å². The molecule has 16 nitrogen and oxygen atoms in total. The number of aliphatic imine (C=N–C) groups is 1. The number of nitrogens with zero attached hydrogens (tertiary/aromatic N) is 2. The number of guanidine groups is 1. The number of aromatic amines is 1. The highest BCUT2D eigenvalue weighted by atomic mass is 19.1. The fourth-order valence-electron chi connectivity index (χ4n) is 5.52. The highest BCUT2D eigenvalue weighted by Gasteiger charge is 2.35. The number of benzene rings is 2. The molecule has 3 aromatic rings. The lowest BCUT2D eigenvalue weighted by atomic mass is 10.0. The maximum atomic E-state index is 14.3. The number of phenolic OH excluding ortho intramolecular Hbond substituents is 1. The summed E-state index contributed by atoms with van der Waals surface area (Å²) in [5.41, 5.74) is 24.2. The smallest absolute Gasteiger partial charge is 0.247 e. The normalized spacial score (nSPS) is 15.6. The van der Waals surface area contributed by atoms with E-state index in [9.17, 15) is 33.5 Å². The summed E-state index contributed by atoms with van der Waals surface area (Å²) in [6.45, 7) is -0.343. The van der Waals surface area contributed by atoms with Gasteiger partial charge >= 0.3 is 0 Å². The highest BCUT2D eigenvalue weighted by Crippen LogP contribution is 2.20. The summed E-state index contributed by atoms with van der Waals surface area (Å²) in [6.07, 6.45) is 5.03. The van der Waals surface area contributed by atoms with E-state index in [-0.39, 0.29) is 56.0 Å². The van der Waals surface area contributed by atoms with Crippen molar-refractivity contribution in [1.29, 1.82) is 0 Å². The molecule has 1 aliphatic heterocycles. The molecule has 4 atom stereocenters. The third-order valence-electron chi connectivity index (χ3n) is 8.08. The molecule has 0 saturated carbocycles. The number of fused-ring (bicyclic) bond motifs is 1. The van der Waals surface area contributed by atoms with Crippen LogP contribution >= 0.6 is 0 Å². The van der Waals surface area contributed by atoms with Gasteiger partial charge in [-0.2, -0.15) is 0 Å². The van der Waals surface area contributed by atoms with Gasteiger partial charge in [0.2, 0.25) is 29.5 Å². The standard InChI is InChI=1S/C33H41FN10O6/c34-22-15-20(45)10-9-18(22)13-23(35)32(50)44-12-4-8-27(44)31(49)43-25(7-3-11-39-33(37)38)30(48)41-17-28(46)42-26(29(36)47)14-19-16-40-24-6-2-1-5-21(19)24/h1-2,4-6,8-10,15-16,23,25-27,40,45H,3,7,11-14,17,35H2,(H2,36,47)(H,41,48)(H,42,46)(H,43,49)(H4,37,38,39)/t23-,25-,26-,27-/m0/s1. The predicted octanol–water partition coefficient (Wildman–Crippen LogP) is -1.48. The Morgan fingerprint density at radius 2 is 1.78 bits per heavy atom. The number of aromatic nitrogens is 1. The minimum atomic E-state index is -1.21.